The zero-order valence-electron chi connectivity index (χ0n) is 17.2. The molecular weight excluding hydrogens is 418 g/mol. The van der Waals surface area contributed by atoms with E-state index in [1.54, 1.807) is 0 Å². The number of carbonyl (C=O) groups is 5. The van der Waals surface area contributed by atoms with Crippen LogP contribution in [0.3, 0.4) is 0 Å². The summed E-state index contributed by atoms with van der Waals surface area (Å²) in [4.78, 5) is 59.8. The van der Waals surface area contributed by atoms with Gasteiger partial charge in [0, 0.05) is 32.7 Å². The second kappa shape index (κ2) is 16.0. The summed E-state index contributed by atoms with van der Waals surface area (Å²) < 4.78 is 0. The van der Waals surface area contributed by atoms with Crippen molar-refractivity contribution in [1.29, 1.82) is 0 Å². The molecule has 0 bridgehead atoms. The average Bonchev–Trinajstić information content (AvgIpc) is 2.62. The predicted molar refractivity (Wildman–Crippen MR) is 107 cm³/mol. The van der Waals surface area contributed by atoms with Gasteiger partial charge in [0.15, 0.2) is 0 Å². The van der Waals surface area contributed by atoms with Gasteiger partial charge < -0.3 is 31.5 Å². The summed E-state index contributed by atoms with van der Waals surface area (Å²) in [6.45, 7) is -1.22. The van der Waals surface area contributed by atoms with Gasteiger partial charge in [0.05, 0.1) is 32.7 Å². The topological polar surface area (TPSA) is 214 Å². The normalized spacial score (nSPS) is 11.1. The summed E-state index contributed by atoms with van der Waals surface area (Å²) in [5, 5.41) is 38.5. The van der Waals surface area contributed by atoms with Gasteiger partial charge in [0.2, 0.25) is 5.91 Å². The second-order valence-corrected chi connectivity index (χ2v) is 6.76. The smallest absolute Gasteiger partial charge is 0.317 e. The maximum Gasteiger partial charge on any atom is 0.317 e. The monoisotopic (exact) mass is 449 g/mol. The standard InChI is InChI=1S/C17H31N5O9/c18-2-1-3-19-13(23)8-21(10-15(26)27)6-4-20(9-14(24)25)5-7-22(11-16(28)29)12-17(30)31/h1-12,18H2,(H,19,23)(H,24,25)(H,26,27)(H,28,29)(H,30,31). The molecule has 0 aromatic heterocycles. The fourth-order valence-electron chi connectivity index (χ4n) is 2.62. The van der Waals surface area contributed by atoms with Crippen LogP contribution in [0.5, 0.6) is 0 Å². The fraction of sp³-hybridized carbons (Fsp3) is 0.706. The molecule has 178 valence electrons. The maximum atomic E-state index is 11.9. The molecule has 0 rings (SSSR count). The van der Waals surface area contributed by atoms with Crippen molar-refractivity contribution < 1.29 is 44.4 Å². The van der Waals surface area contributed by atoms with Crippen molar-refractivity contribution in [2.24, 2.45) is 5.73 Å². The number of amides is 1. The highest BCUT2D eigenvalue weighted by molar-refractivity contribution is 5.79. The summed E-state index contributed by atoms with van der Waals surface area (Å²) in [7, 11) is 0. The van der Waals surface area contributed by atoms with Gasteiger partial charge in [-0.3, -0.25) is 38.7 Å². The molecule has 0 radical (unpaired) electrons. The molecule has 0 spiro atoms. The third-order valence-electron chi connectivity index (χ3n) is 3.97. The Hall–Kier alpha value is -2.81. The summed E-state index contributed by atoms with van der Waals surface area (Å²) in [6, 6.07) is 0. The van der Waals surface area contributed by atoms with E-state index in [0.29, 0.717) is 19.5 Å². The van der Waals surface area contributed by atoms with Gasteiger partial charge in [-0.15, -0.1) is 0 Å². The Labute approximate surface area is 179 Å². The van der Waals surface area contributed by atoms with Gasteiger partial charge in [0.25, 0.3) is 0 Å². The predicted octanol–water partition coefficient (Wildman–Crippen LogP) is -3.30. The molecule has 0 aliphatic heterocycles. The van der Waals surface area contributed by atoms with Gasteiger partial charge in [-0.05, 0) is 13.0 Å². The van der Waals surface area contributed by atoms with E-state index >= 15 is 0 Å². The van der Waals surface area contributed by atoms with Crippen LogP contribution < -0.4 is 11.1 Å². The van der Waals surface area contributed by atoms with Crippen LogP contribution in [0, 0.1) is 0 Å². The van der Waals surface area contributed by atoms with Crippen LogP contribution in [0.15, 0.2) is 0 Å². The SMILES string of the molecule is NCCCNC(=O)CN(CCN(CCN(CC(=O)O)CC(=O)O)CC(=O)O)CC(=O)O. The van der Waals surface area contributed by atoms with E-state index in [4.69, 9.17) is 26.2 Å². The Balaban J connectivity index is 4.92. The number of rotatable bonds is 19. The molecule has 0 aromatic carbocycles. The average molecular weight is 449 g/mol. The van der Waals surface area contributed by atoms with Gasteiger partial charge in [-0.1, -0.05) is 0 Å². The fourth-order valence-corrected chi connectivity index (χ4v) is 2.62. The summed E-state index contributed by atoms with van der Waals surface area (Å²) in [5.74, 6) is -5.16. The first-order valence-electron chi connectivity index (χ1n) is 9.54. The largest absolute Gasteiger partial charge is 0.480 e. The minimum absolute atomic E-state index is 0.0234. The van der Waals surface area contributed by atoms with Crippen LogP contribution in [0.2, 0.25) is 0 Å². The third-order valence-corrected chi connectivity index (χ3v) is 3.97. The lowest BCUT2D eigenvalue weighted by atomic mass is 10.3. The number of carboxylic acid groups (broad SMARTS) is 4. The highest BCUT2D eigenvalue weighted by atomic mass is 16.4. The molecule has 0 saturated heterocycles. The summed E-state index contributed by atoms with van der Waals surface area (Å²) in [6.07, 6.45) is 0.570. The molecule has 0 unspecified atom stereocenters. The second-order valence-electron chi connectivity index (χ2n) is 6.76. The minimum atomic E-state index is -1.22. The molecule has 0 aliphatic rings. The zero-order valence-corrected chi connectivity index (χ0v) is 17.2. The van der Waals surface area contributed by atoms with Crippen LogP contribution in [0.4, 0.5) is 0 Å². The van der Waals surface area contributed by atoms with Gasteiger partial charge in [-0.25, -0.2) is 0 Å². The van der Waals surface area contributed by atoms with E-state index in [0.717, 1.165) is 4.90 Å². The first kappa shape index (κ1) is 28.2. The van der Waals surface area contributed by atoms with E-state index in [9.17, 15) is 24.0 Å². The number of carboxylic acids is 4. The Bertz CT molecular complexity index is 601. The van der Waals surface area contributed by atoms with Gasteiger partial charge in [-0.2, -0.15) is 0 Å². The first-order chi connectivity index (χ1) is 14.5. The molecule has 14 heteroatoms. The Morgan fingerprint density at radius 1 is 0.613 bits per heavy atom. The Kier molecular flexibility index (Phi) is 14.5. The van der Waals surface area contributed by atoms with Crippen molar-refractivity contribution in [1.82, 2.24) is 20.0 Å². The lowest BCUT2D eigenvalue weighted by Crippen LogP contribution is -2.46. The Morgan fingerprint density at radius 3 is 1.35 bits per heavy atom. The van der Waals surface area contributed by atoms with Crippen molar-refractivity contribution in [2.75, 3.05) is 72.0 Å². The molecule has 7 N–H and O–H groups in total. The number of carbonyl (C=O) groups excluding carboxylic acids is 1. The number of hydrogen-bond donors (Lipinski definition) is 6. The van der Waals surface area contributed by atoms with Crippen LogP contribution in [-0.2, 0) is 24.0 Å². The van der Waals surface area contributed by atoms with Crippen LogP contribution >= 0.6 is 0 Å². The summed E-state index contributed by atoms with van der Waals surface area (Å²) in [5.41, 5.74) is 5.34. The number of nitrogens with two attached hydrogens (primary N) is 1. The summed E-state index contributed by atoms with van der Waals surface area (Å²) >= 11 is 0. The van der Waals surface area contributed by atoms with Gasteiger partial charge >= 0.3 is 23.9 Å². The molecule has 0 fully saturated rings. The van der Waals surface area contributed by atoms with Crippen LogP contribution in [0.1, 0.15) is 6.42 Å². The Morgan fingerprint density at radius 2 is 0.968 bits per heavy atom. The number of nitrogens with one attached hydrogen (secondary N) is 1. The number of aliphatic carboxylic acids is 4. The van der Waals surface area contributed by atoms with E-state index in [1.807, 2.05) is 0 Å². The van der Waals surface area contributed by atoms with Crippen LogP contribution in [0.25, 0.3) is 0 Å². The van der Waals surface area contributed by atoms with Gasteiger partial charge in [0.1, 0.15) is 0 Å². The quantitative estimate of drug-likeness (QED) is 0.107. The van der Waals surface area contributed by atoms with E-state index in [-0.39, 0.29) is 32.7 Å². The molecule has 0 heterocycles. The van der Waals surface area contributed by atoms with Crippen LogP contribution in [-0.4, -0.2) is 137 Å². The molecule has 0 saturated carbocycles. The van der Waals surface area contributed by atoms with Crippen molar-refractivity contribution in [3.8, 4) is 0 Å². The zero-order chi connectivity index (χ0) is 23.8. The van der Waals surface area contributed by atoms with Crippen molar-refractivity contribution in [3.63, 3.8) is 0 Å². The van der Waals surface area contributed by atoms with Crippen molar-refractivity contribution in [3.05, 3.63) is 0 Å². The van der Waals surface area contributed by atoms with E-state index in [2.05, 4.69) is 5.32 Å². The molecular formula is C17H31N5O9. The minimum Gasteiger partial charge on any atom is -0.480 e. The molecule has 0 aromatic rings. The van der Waals surface area contributed by atoms with Crippen molar-refractivity contribution in [2.45, 2.75) is 6.42 Å². The lowest BCUT2D eigenvalue weighted by molar-refractivity contribution is -0.143. The van der Waals surface area contributed by atoms with E-state index < -0.39 is 56.0 Å². The first-order valence-corrected chi connectivity index (χ1v) is 9.54. The van der Waals surface area contributed by atoms with E-state index in [1.165, 1.54) is 9.80 Å². The highest BCUT2D eigenvalue weighted by Gasteiger charge is 2.19. The molecule has 14 nitrogen and oxygen atoms in total. The molecule has 0 aliphatic carbocycles. The molecule has 0 atom stereocenters. The number of nitrogens with zero attached hydrogens (tertiary/aromatic N) is 3. The number of hydrogen-bond acceptors (Lipinski definition) is 9. The third kappa shape index (κ3) is 16.7. The molecule has 31 heavy (non-hydrogen) atoms. The highest BCUT2D eigenvalue weighted by Crippen LogP contribution is 1.97. The molecule has 1 amide bonds. The maximum absolute atomic E-state index is 11.9. The lowest BCUT2D eigenvalue weighted by Gasteiger charge is -2.27. The van der Waals surface area contributed by atoms with Crippen molar-refractivity contribution >= 4 is 29.8 Å².